The predicted molar refractivity (Wildman–Crippen MR) is 109 cm³/mol. The van der Waals surface area contributed by atoms with Gasteiger partial charge >= 0.3 is 12.7 Å². The second-order valence-electron chi connectivity index (χ2n) is 8.89. The van der Waals surface area contributed by atoms with E-state index in [4.69, 9.17) is 9.47 Å². The summed E-state index contributed by atoms with van der Waals surface area (Å²) in [6.07, 6.45) is 1.46. The van der Waals surface area contributed by atoms with Crippen LogP contribution < -0.4 is 14.8 Å². The number of ether oxygens (including phenoxy) is 3. The van der Waals surface area contributed by atoms with Gasteiger partial charge in [-0.1, -0.05) is 0 Å². The summed E-state index contributed by atoms with van der Waals surface area (Å²) in [5.74, 6) is 0.245. The van der Waals surface area contributed by atoms with Gasteiger partial charge in [0.1, 0.15) is 11.7 Å². The predicted octanol–water partition coefficient (Wildman–Crippen LogP) is 3.80. The van der Waals surface area contributed by atoms with Gasteiger partial charge in [0.2, 0.25) is 11.8 Å². The molecule has 4 rings (SSSR count). The molecule has 0 unspecified atom stereocenters. The summed E-state index contributed by atoms with van der Waals surface area (Å²) in [4.78, 5) is 22.3. The number of H-pyrrole nitrogens is 1. The highest BCUT2D eigenvalue weighted by molar-refractivity contribution is 5.70. The minimum Gasteiger partial charge on any atom is -0.470 e. The Balaban J connectivity index is 1.40. The van der Waals surface area contributed by atoms with Crippen molar-refractivity contribution in [2.24, 2.45) is 0 Å². The number of amides is 1. The van der Waals surface area contributed by atoms with Crippen LogP contribution in [0, 0.1) is 0 Å². The molecule has 2 saturated heterocycles. The van der Waals surface area contributed by atoms with Crippen LogP contribution in [0.5, 0.6) is 11.8 Å². The largest absolute Gasteiger partial charge is 0.470 e. The number of aromatic nitrogens is 4. The molecule has 4 heterocycles. The van der Waals surface area contributed by atoms with E-state index in [1.807, 2.05) is 0 Å². The zero-order valence-electron chi connectivity index (χ0n) is 18.3. The first kappa shape index (κ1) is 22.9. The highest BCUT2D eigenvalue weighted by atomic mass is 19.3. The third kappa shape index (κ3) is 5.40. The van der Waals surface area contributed by atoms with E-state index in [9.17, 15) is 13.6 Å². The van der Waals surface area contributed by atoms with E-state index in [0.717, 1.165) is 0 Å². The molecule has 180 valence electrons. The van der Waals surface area contributed by atoms with Gasteiger partial charge in [-0.15, -0.1) is 0 Å². The second kappa shape index (κ2) is 8.94. The highest BCUT2D eigenvalue weighted by Gasteiger charge is 2.52. The normalized spacial score (nSPS) is 24.6. The molecular weight excluding hydrogens is 445 g/mol. The third-order valence-electron chi connectivity index (χ3n) is 5.29. The number of hydrogen-bond donors (Lipinski definition) is 2. The smallest absolute Gasteiger partial charge is 0.410 e. The molecule has 33 heavy (non-hydrogen) atoms. The van der Waals surface area contributed by atoms with Crippen LogP contribution in [-0.2, 0) is 4.74 Å². The Morgan fingerprint density at radius 3 is 2.79 bits per heavy atom. The lowest BCUT2D eigenvalue weighted by molar-refractivity contribution is -0.0529. The number of alkyl halides is 3. The first-order valence-corrected chi connectivity index (χ1v) is 10.5. The Morgan fingerprint density at radius 2 is 2.06 bits per heavy atom. The zero-order chi connectivity index (χ0) is 23.8. The van der Waals surface area contributed by atoms with Gasteiger partial charge in [-0.05, 0) is 33.6 Å². The maximum atomic E-state index is 15.3. The number of carbonyl (C=O) groups excluding carboxylic acids is 1. The molecule has 2 aliphatic heterocycles. The summed E-state index contributed by atoms with van der Waals surface area (Å²) in [6.45, 7) is 2.32. The number of carbonyl (C=O) groups is 1. The van der Waals surface area contributed by atoms with Crippen molar-refractivity contribution >= 4 is 17.7 Å². The number of halogens is 3. The standard InChI is InChI=1S/C20H25F3N6O4/c1-20(2,3)33-19(30)29-10-4-5-11(29)17(21)12(6-10)31-16-9-24-8-14(26-16)25-13-7-15(28-27-13)32-18(22)23/h7-12,17-18H,4-6H2,1-3H3,(H2,25,26,27,28)/t10-,11+,12-,17-/m1/s1. The number of anilines is 2. The summed E-state index contributed by atoms with van der Waals surface area (Å²) in [5, 5.41) is 8.86. The number of nitrogens with one attached hydrogen (secondary N) is 2. The number of nitrogens with zero attached hydrogens (tertiary/aromatic N) is 4. The van der Waals surface area contributed by atoms with Crippen molar-refractivity contribution in [3.63, 3.8) is 0 Å². The van der Waals surface area contributed by atoms with Crippen molar-refractivity contribution in [1.29, 1.82) is 0 Å². The van der Waals surface area contributed by atoms with Gasteiger partial charge in [-0.2, -0.15) is 18.9 Å². The Bertz CT molecular complexity index is 985. The van der Waals surface area contributed by atoms with Crippen LogP contribution in [-0.4, -0.2) is 67.7 Å². The summed E-state index contributed by atoms with van der Waals surface area (Å²) < 4.78 is 55.3. The molecule has 10 nitrogen and oxygen atoms in total. The first-order chi connectivity index (χ1) is 15.6. The van der Waals surface area contributed by atoms with Gasteiger partial charge in [-0.3, -0.25) is 9.88 Å². The molecule has 0 radical (unpaired) electrons. The van der Waals surface area contributed by atoms with Gasteiger partial charge < -0.3 is 19.5 Å². The molecule has 1 amide bonds. The van der Waals surface area contributed by atoms with Crippen molar-refractivity contribution in [3.8, 4) is 11.8 Å². The zero-order valence-corrected chi connectivity index (χ0v) is 18.3. The van der Waals surface area contributed by atoms with Crippen molar-refractivity contribution in [2.75, 3.05) is 5.32 Å². The van der Waals surface area contributed by atoms with E-state index in [1.54, 1.807) is 20.8 Å². The Morgan fingerprint density at radius 1 is 1.27 bits per heavy atom. The highest BCUT2D eigenvalue weighted by Crippen LogP contribution is 2.39. The van der Waals surface area contributed by atoms with Crippen molar-refractivity contribution in [3.05, 3.63) is 18.5 Å². The summed E-state index contributed by atoms with van der Waals surface area (Å²) >= 11 is 0. The fourth-order valence-electron chi connectivity index (χ4n) is 4.09. The minimum atomic E-state index is -2.99. The van der Waals surface area contributed by atoms with E-state index in [1.165, 1.54) is 23.4 Å². The van der Waals surface area contributed by atoms with Crippen LogP contribution in [0.25, 0.3) is 0 Å². The van der Waals surface area contributed by atoms with Crippen LogP contribution in [0.4, 0.5) is 29.6 Å². The second-order valence-corrected chi connectivity index (χ2v) is 8.89. The van der Waals surface area contributed by atoms with Crippen molar-refractivity contribution < 1.29 is 32.2 Å². The Labute approximate surface area is 187 Å². The van der Waals surface area contributed by atoms with Gasteiger partial charge in [0.05, 0.1) is 18.4 Å². The molecule has 0 aliphatic carbocycles. The molecule has 0 spiro atoms. The van der Waals surface area contributed by atoms with Crippen molar-refractivity contribution in [1.82, 2.24) is 25.1 Å². The quantitative estimate of drug-likeness (QED) is 0.655. The lowest BCUT2D eigenvalue weighted by atomic mass is 9.98. The average Bonchev–Trinajstić information content (AvgIpc) is 3.28. The van der Waals surface area contributed by atoms with Gasteiger partial charge in [0, 0.05) is 18.5 Å². The van der Waals surface area contributed by atoms with Crippen LogP contribution >= 0.6 is 0 Å². The molecule has 2 bridgehead atoms. The van der Waals surface area contributed by atoms with E-state index in [2.05, 4.69) is 30.2 Å². The average molecular weight is 470 g/mol. The number of piperidine rings is 1. The molecule has 0 saturated carbocycles. The van der Waals surface area contributed by atoms with E-state index < -0.39 is 36.6 Å². The maximum Gasteiger partial charge on any atom is 0.410 e. The third-order valence-corrected chi connectivity index (χ3v) is 5.29. The van der Waals surface area contributed by atoms with Crippen LogP contribution in [0.1, 0.15) is 40.0 Å². The monoisotopic (exact) mass is 470 g/mol. The van der Waals surface area contributed by atoms with Crippen LogP contribution in [0.15, 0.2) is 18.5 Å². The lowest BCUT2D eigenvalue weighted by Crippen LogP contribution is -2.57. The molecule has 13 heteroatoms. The number of hydrogen-bond acceptors (Lipinski definition) is 8. The number of aromatic amines is 1. The molecule has 2 N–H and O–H groups in total. The van der Waals surface area contributed by atoms with E-state index >= 15 is 4.39 Å². The van der Waals surface area contributed by atoms with Gasteiger partial charge in [0.15, 0.2) is 17.8 Å². The van der Waals surface area contributed by atoms with E-state index in [-0.39, 0.29) is 29.4 Å². The molecule has 0 aromatic carbocycles. The lowest BCUT2D eigenvalue weighted by Gasteiger charge is -2.41. The van der Waals surface area contributed by atoms with Crippen LogP contribution in [0.2, 0.25) is 0 Å². The maximum absolute atomic E-state index is 15.3. The molecule has 2 aliphatic rings. The fourth-order valence-corrected chi connectivity index (χ4v) is 4.09. The summed E-state index contributed by atoms with van der Waals surface area (Å²) in [5.41, 5.74) is -0.667. The number of rotatable bonds is 6. The molecule has 2 aromatic rings. The molecule has 4 atom stereocenters. The SMILES string of the molecule is CC(C)(C)OC(=O)N1[C@@H]2CC[C@H]1[C@@H](F)[C@H](Oc1cncc(Nc3cc(OC(F)F)[nH]n3)n1)C2. The Kier molecular flexibility index (Phi) is 6.21. The van der Waals surface area contributed by atoms with Gasteiger partial charge in [-0.25, -0.2) is 14.3 Å². The van der Waals surface area contributed by atoms with Gasteiger partial charge in [0.25, 0.3) is 0 Å². The summed E-state index contributed by atoms with van der Waals surface area (Å²) in [6, 6.07) is 0.409. The fraction of sp³-hybridized carbons (Fsp3) is 0.600. The van der Waals surface area contributed by atoms with E-state index in [0.29, 0.717) is 19.3 Å². The van der Waals surface area contributed by atoms with Crippen molar-refractivity contribution in [2.45, 2.75) is 76.6 Å². The topological polar surface area (TPSA) is 114 Å². The molecule has 2 fully saturated rings. The van der Waals surface area contributed by atoms with Crippen LogP contribution in [0.3, 0.4) is 0 Å². The Hall–Kier alpha value is -3.25. The molecular formula is C20H25F3N6O4. The summed E-state index contributed by atoms with van der Waals surface area (Å²) in [7, 11) is 0. The number of fused-ring (bicyclic) bond motifs is 2. The minimum absolute atomic E-state index is 0.0809. The first-order valence-electron chi connectivity index (χ1n) is 10.5. The molecule has 2 aromatic heterocycles.